The van der Waals surface area contributed by atoms with Crippen LogP contribution in [0.3, 0.4) is 0 Å². The molecule has 2 heterocycles. The van der Waals surface area contributed by atoms with Crippen LogP contribution < -0.4 is 14.8 Å². The number of amides is 2. The van der Waals surface area contributed by atoms with Crippen LogP contribution in [0.5, 0.6) is 11.5 Å². The fraction of sp³-hybridized carbons (Fsp3) is 0.231. The van der Waals surface area contributed by atoms with E-state index in [0.29, 0.717) is 41.5 Å². The predicted octanol–water partition coefficient (Wildman–Crippen LogP) is 4.38. The smallest absolute Gasteiger partial charge is 0.273 e. The Morgan fingerprint density at radius 3 is 2.59 bits per heavy atom. The number of benzene rings is 2. The first kappa shape index (κ1) is 23.0. The van der Waals surface area contributed by atoms with Crippen molar-refractivity contribution in [3.05, 3.63) is 83.7 Å². The Morgan fingerprint density at radius 2 is 1.88 bits per heavy atom. The van der Waals surface area contributed by atoms with Crippen molar-refractivity contribution < 1.29 is 19.1 Å². The molecular formula is C26H26N4O4. The van der Waals surface area contributed by atoms with Crippen LogP contribution in [0.15, 0.2) is 72.1 Å². The standard InChI is InChI=1S/C26H26N4O4/c1-3-34-24-16-19(10-13-23(24)33-2)22-7-5-15-30(29-22)26(32)18-8-11-21(12-9-18)28-25(31)20-6-4-14-27-17-20/h4,6,8-14,16-17H,3,5,7,15H2,1-2H3,(H,28,31). The molecule has 0 spiro atoms. The van der Waals surface area contributed by atoms with Crippen molar-refractivity contribution in [3.8, 4) is 11.5 Å². The lowest BCUT2D eigenvalue weighted by Crippen LogP contribution is -2.32. The second-order valence-electron chi connectivity index (χ2n) is 7.65. The summed E-state index contributed by atoms with van der Waals surface area (Å²) in [6.45, 7) is 2.98. The molecule has 0 unspecified atom stereocenters. The Labute approximate surface area is 198 Å². The van der Waals surface area contributed by atoms with E-state index in [-0.39, 0.29) is 11.8 Å². The van der Waals surface area contributed by atoms with Crippen molar-refractivity contribution in [1.29, 1.82) is 0 Å². The van der Waals surface area contributed by atoms with Gasteiger partial charge in [0, 0.05) is 35.8 Å². The number of carbonyl (C=O) groups is 2. The minimum atomic E-state index is -0.261. The van der Waals surface area contributed by atoms with E-state index in [1.165, 1.54) is 11.2 Å². The average molecular weight is 459 g/mol. The lowest BCUT2D eigenvalue weighted by Gasteiger charge is -2.24. The highest BCUT2D eigenvalue weighted by Gasteiger charge is 2.21. The van der Waals surface area contributed by atoms with Crippen LogP contribution in [-0.4, -0.2) is 47.8 Å². The summed E-state index contributed by atoms with van der Waals surface area (Å²) in [6, 6.07) is 15.8. The summed E-state index contributed by atoms with van der Waals surface area (Å²) in [4.78, 5) is 29.3. The number of carbonyl (C=O) groups excluding carboxylic acids is 2. The summed E-state index contributed by atoms with van der Waals surface area (Å²) in [7, 11) is 1.60. The maximum atomic E-state index is 13.1. The monoisotopic (exact) mass is 458 g/mol. The number of hydrazone groups is 1. The Morgan fingerprint density at radius 1 is 1.06 bits per heavy atom. The lowest BCUT2D eigenvalue weighted by atomic mass is 10.0. The Bertz CT molecular complexity index is 1190. The van der Waals surface area contributed by atoms with E-state index >= 15 is 0 Å². The minimum absolute atomic E-state index is 0.194. The molecular weight excluding hydrogens is 432 g/mol. The van der Waals surface area contributed by atoms with E-state index in [4.69, 9.17) is 9.47 Å². The van der Waals surface area contributed by atoms with E-state index in [0.717, 1.165) is 24.1 Å². The van der Waals surface area contributed by atoms with Gasteiger partial charge in [-0.15, -0.1) is 0 Å². The first-order valence-corrected chi connectivity index (χ1v) is 11.1. The molecule has 2 aromatic carbocycles. The van der Waals surface area contributed by atoms with Crippen LogP contribution in [0.1, 0.15) is 46.0 Å². The zero-order valence-corrected chi connectivity index (χ0v) is 19.2. The van der Waals surface area contributed by atoms with Gasteiger partial charge in [0.1, 0.15) is 0 Å². The number of aromatic nitrogens is 1. The molecule has 1 N–H and O–H groups in total. The van der Waals surface area contributed by atoms with Gasteiger partial charge in [-0.25, -0.2) is 5.01 Å². The van der Waals surface area contributed by atoms with Gasteiger partial charge in [-0.2, -0.15) is 5.10 Å². The van der Waals surface area contributed by atoms with E-state index < -0.39 is 0 Å². The van der Waals surface area contributed by atoms with Crippen LogP contribution in [0, 0.1) is 0 Å². The number of nitrogens with one attached hydrogen (secondary N) is 1. The fourth-order valence-electron chi connectivity index (χ4n) is 3.66. The molecule has 1 aliphatic rings. The molecule has 0 saturated carbocycles. The minimum Gasteiger partial charge on any atom is -0.493 e. The third kappa shape index (κ3) is 5.23. The third-order valence-electron chi connectivity index (χ3n) is 5.37. The van der Waals surface area contributed by atoms with Gasteiger partial charge in [0.05, 0.1) is 25.0 Å². The summed E-state index contributed by atoms with van der Waals surface area (Å²) in [5.41, 5.74) is 3.27. The molecule has 4 rings (SSSR count). The molecule has 1 aliphatic heterocycles. The number of ether oxygens (including phenoxy) is 2. The zero-order chi connectivity index (χ0) is 23.9. The molecule has 8 nitrogen and oxygen atoms in total. The van der Waals surface area contributed by atoms with E-state index in [1.54, 1.807) is 49.7 Å². The summed E-state index contributed by atoms with van der Waals surface area (Å²) in [5.74, 6) is 0.854. The SMILES string of the molecule is CCOc1cc(C2=NN(C(=O)c3ccc(NC(=O)c4cccnc4)cc3)CCC2)ccc1OC. The molecule has 0 radical (unpaired) electrons. The average Bonchev–Trinajstić information content (AvgIpc) is 2.89. The van der Waals surface area contributed by atoms with Gasteiger partial charge in [0.15, 0.2) is 11.5 Å². The number of hydrogen-bond acceptors (Lipinski definition) is 6. The largest absolute Gasteiger partial charge is 0.493 e. The Balaban J connectivity index is 1.48. The molecule has 34 heavy (non-hydrogen) atoms. The number of pyridine rings is 1. The molecule has 0 atom stereocenters. The summed E-state index contributed by atoms with van der Waals surface area (Å²) < 4.78 is 11.0. The highest BCUT2D eigenvalue weighted by molar-refractivity contribution is 6.05. The van der Waals surface area contributed by atoms with Gasteiger partial charge in [-0.3, -0.25) is 14.6 Å². The second-order valence-corrected chi connectivity index (χ2v) is 7.65. The van der Waals surface area contributed by atoms with Crippen molar-refractivity contribution in [3.63, 3.8) is 0 Å². The van der Waals surface area contributed by atoms with Gasteiger partial charge in [0.2, 0.25) is 0 Å². The molecule has 174 valence electrons. The van der Waals surface area contributed by atoms with Crippen molar-refractivity contribution >= 4 is 23.2 Å². The Hall–Kier alpha value is -4.20. The molecule has 2 amide bonds. The molecule has 0 aliphatic carbocycles. The maximum absolute atomic E-state index is 13.1. The fourth-order valence-corrected chi connectivity index (χ4v) is 3.66. The van der Waals surface area contributed by atoms with Crippen LogP contribution in [0.2, 0.25) is 0 Å². The van der Waals surface area contributed by atoms with Crippen LogP contribution in [0.4, 0.5) is 5.69 Å². The highest BCUT2D eigenvalue weighted by atomic mass is 16.5. The van der Waals surface area contributed by atoms with Gasteiger partial charge < -0.3 is 14.8 Å². The summed E-state index contributed by atoms with van der Waals surface area (Å²) >= 11 is 0. The number of methoxy groups -OCH3 is 1. The zero-order valence-electron chi connectivity index (χ0n) is 19.2. The third-order valence-corrected chi connectivity index (χ3v) is 5.37. The summed E-state index contributed by atoms with van der Waals surface area (Å²) in [5, 5.41) is 8.92. The van der Waals surface area contributed by atoms with E-state index in [9.17, 15) is 9.59 Å². The lowest BCUT2D eigenvalue weighted by molar-refractivity contribution is 0.0751. The van der Waals surface area contributed by atoms with Gasteiger partial charge in [-0.1, -0.05) is 0 Å². The quantitative estimate of drug-likeness (QED) is 0.567. The number of anilines is 1. The number of hydrogen-bond donors (Lipinski definition) is 1. The predicted molar refractivity (Wildman–Crippen MR) is 130 cm³/mol. The first-order chi connectivity index (χ1) is 16.6. The first-order valence-electron chi connectivity index (χ1n) is 11.1. The Kier molecular flexibility index (Phi) is 7.17. The molecule has 0 bridgehead atoms. The second kappa shape index (κ2) is 10.6. The number of nitrogens with zero attached hydrogens (tertiary/aromatic N) is 3. The van der Waals surface area contributed by atoms with Crippen LogP contribution in [-0.2, 0) is 0 Å². The van der Waals surface area contributed by atoms with E-state index in [1.807, 2.05) is 25.1 Å². The normalized spacial score (nSPS) is 13.1. The molecule has 8 heteroatoms. The molecule has 1 aromatic heterocycles. The summed E-state index contributed by atoms with van der Waals surface area (Å²) in [6.07, 6.45) is 4.68. The maximum Gasteiger partial charge on any atom is 0.273 e. The number of rotatable bonds is 7. The topological polar surface area (TPSA) is 93.1 Å². The van der Waals surface area contributed by atoms with E-state index in [2.05, 4.69) is 15.4 Å². The molecule has 0 saturated heterocycles. The van der Waals surface area contributed by atoms with Gasteiger partial charge in [-0.05, 0) is 74.4 Å². The van der Waals surface area contributed by atoms with Gasteiger partial charge >= 0.3 is 0 Å². The molecule has 0 fully saturated rings. The van der Waals surface area contributed by atoms with Crippen molar-refractivity contribution in [2.75, 3.05) is 25.6 Å². The van der Waals surface area contributed by atoms with Crippen molar-refractivity contribution in [2.24, 2.45) is 5.10 Å². The van der Waals surface area contributed by atoms with Crippen LogP contribution in [0.25, 0.3) is 0 Å². The van der Waals surface area contributed by atoms with Crippen LogP contribution >= 0.6 is 0 Å². The van der Waals surface area contributed by atoms with Gasteiger partial charge in [0.25, 0.3) is 11.8 Å². The molecule has 3 aromatic rings. The highest BCUT2D eigenvalue weighted by Crippen LogP contribution is 2.29. The van der Waals surface area contributed by atoms with Crippen molar-refractivity contribution in [1.82, 2.24) is 9.99 Å². The van der Waals surface area contributed by atoms with Crippen molar-refractivity contribution in [2.45, 2.75) is 19.8 Å².